The highest BCUT2D eigenvalue weighted by Gasteiger charge is 2.22. The van der Waals surface area contributed by atoms with Gasteiger partial charge in [-0.15, -0.1) is 0 Å². The molecule has 0 radical (unpaired) electrons. The summed E-state index contributed by atoms with van der Waals surface area (Å²) in [7, 11) is 0. The smallest absolute Gasteiger partial charge is 0.349 e. The fourth-order valence-corrected chi connectivity index (χ4v) is 2.96. The van der Waals surface area contributed by atoms with E-state index in [1.165, 1.54) is 6.07 Å². The van der Waals surface area contributed by atoms with E-state index in [0.29, 0.717) is 22.8 Å². The summed E-state index contributed by atoms with van der Waals surface area (Å²) < 4.78 is 7.00. The highest BCUT2D eigenvalue weighted by molar-refractivity contribution is 5.84. The second-order valence-corrected chi connectivity index (χ2v) is 6.01. The van der Waals surface area contributed by atoms with Gasteiger partial charge in [0.25, 0.3) is 0 Å². The zero-order valence-corrected chi connectivity index (χ0v) is 13.9. The SMILES string of the molecule is Cc1ccc(-c2nc3ccccn3c2-c2c(O)cc(C)oc2=O)cc1. The summed E-state index contributed by atoms with van der Waals surface area (Å²) in [5.41, 5.74) is 3.35. The van der Waals surface area contributed by atoms with E-state index in [1.807, 2.05) is 55.6 Å². The molecule has 0 saturated heterocycles. The first kappa shape index (κ1) is 15.2. The van der Waals surface area contributed by atoms with Gasteiger partial charge in [-0.2, -0.15) is 0 Å². The number of aryl methyl sites for hydroxylation is 2. The van der Waals surface area contributed by atoms with Crippen molar-refractivity contribution in [3.8, 4) is 28.3 Å². The van der Waals surface area contributed by atoms with Crippen molar-refractivity contribution >= 4 is 5.65 Å². The van der Waals surface area contributed by atoms with Crippen LogP contribution in [0.4, 0.5) is 0 Å². The van der Waals surface area contributed by atoms with Crippen molar-refractivity contribution in [2.75, 3.05) is 0 Å². The Balaban J connectivity index is 2.11. The number of nitrogens with zero attached hydrogens (tertiary/aromatic N) is 2. The molecule has 0 aliphatic heterocycles. The Labute approximate surface area is 143 Å². The molecule has 124 valence electrons. The molecule has 5 nitrogen and oxygen atoms in total. The van der Waals surface area contributed by atoms with Crippen LogP contribution in [0, 0.1) is 13.8 Å². The van der Waals surface area contributed by atoms with Crippen LogP contribution in [0.2, 0.25) is 0 Å². The Morgan fingerprint density at radius 1 is 1.08 bits per heavy atom. The highest BCUT2D eigenvalue weighted by atomic mass is 16.4. The minimum atomic E-state index is -0.587. The second-order valence-electron chi connectivity index (χ2n) is 6.01. The summed E-state index contributed by atoms with van der Waals surface area (Å²) in [5.74, 6) is 0.240. The van der Waals surface area contributed by atoms with E-state index < -0.39 is 5.63 Å². The third kappa shape index (κ3) is 2.50. The maximum Gasteiger partial charge on any atom is 0.349 e. The van der Waals surface area contributed by atoms with Crippen LogP contribution in [0.15, 0.2) is 63.9 Å². The number of fused-ring (bicyclic) bond motifs is 1. The van der Waals surface area contributed by atoms with Gasteiger partial charge in [-0.05, 0) is 26.0 Å². The Kier molecular flexibility index (Phi) is 3.42. The fourth-order valence-electron chi connectivity index (χ4n) is 2.96. The summed E-state index contributed by atoms with van der Waals surface area (Å²) in [4.78, 5) is 17.1. The predicted octanol–water partition coefficient (Wildman–Crippen LogP) is 3.94. The molecule has 0 spiro atoms. The van der Waals surface area contributed by atoms with Gasteiger partial charge in [-0.25, -0.2) is 9.78 Å². The molecule has 3 aromatic heterocycles. The van der Waals surface area contributed by atoms with Gasteiger partial charge in [-0.3, -0.25) is 4.40 Å². The van der Waals surface area contributed by atoms with Crippen molar-refractivity contribution in [1.82, 2.24) is 9.38 Å². The molecule has 0 fully saturated rings. The maximum absolute atomic E-state index is 12.5. The molecule has 0 atom stereocenters. The predicted molar refractivity (Wildman–Crippen MR) is 95.7 cm³/mol. The zero-order chi connectivity index (χ0) is 17.6. The van der Waals surface area contributed by atoms with Gasteiger partial charge in [0, 0.05) is 17.8 Å². The van der Waals surface area contributed by atoms with E-state index in [9.17, 15) is 9.90 Å². The molecule has 0 bridgehead atoms. The third-order valence-electron chi connectivity index (χ3n) is 4.15. The lowest BCUT2D eigenvalue weighted by Gasteiger charge is -2.07. The molecule has 1 aromatic carbocycles. The number of rotatable bonds is 2. The molecular weight excluding hydrogens is 316 g/mol. The van der Waals surface area contributed by atoms with Crippen LogP contribution in [0.3, 0.4) is 0 Å². The van der Waals surface area contributed by atoms with Gasteiger partial charge in [0.1, 0.15) is 22.7 Å². The van der Waals surface area contributed by atoms with E-state index in [0.717, 1.165) is 11.1 Å². The summed E-state index contributed by atoms with van der Waals surface area (Å²) >= 11 is 0. The molecule has 4 aromatic rings. The summed E-state index contributed by atoms with van der Waals surface area (Å²) in [6, 6.07) is 14.9. The minimum Gasteiger partial charge on any atom is -0.507 e. The van der Waals surface area contributed by atoms with Crippen molar-refractivity contribution in [2.45, 2.75) is 13.8 Å². The number of aromatic hydroxyl groups is 1. The Morgan fingerprint density at radius 3 is 2.56 bits per heavy atom. The van der Waals surface area contributed by atoms with Gasteiger partial charge in [0.05, 0.1) is 11.4 Å². The summed E-state index contributed by atoms with van der Waals surface area (Å²) in [5, 5.41) is 10.4. The maximum atomic E-state index is 12.5. The molecule has 0 saturated carbocycles. The van der Waals surface area contributed by atoms with Gasteiger partial charge in [-0.1, -0.05) is 35.9 Å². The quantitative estimate of drug-likeness (QED) is 0.603. The fraction of sp³-hybridized carbons (Fsp3) is 0.100. The van der Waals surface area contributed by atoms with Gasteiger partial charge in [0.15, 0.2) is 0 Å². The van der Waals surface area contributed by atoms with E-state index in [1.54, 1.807) is 11.3 Å². The van der Waals surface area contributed by atoms with Crippen molar-refractivity contribution < 1.29 is 9.52 Å². The Bertz CT molecular complexity index is 1140. The van der Waals surface area contributed by atoms with Crippen molar-refractivity contribution in [1.29, 1.82) is 0 Å². The van der Waals surface area contributed by atoms with Crippen LogP contribution in [0.25, 0.3) is 28.2 Å². The second kappa shape index (κ2) is 5.63. The highest BCUT2D eigenvalue weighted by Crippen LogP contribution is 2.35. The van der Waals surface area contributed by atoms with Crippen LogP contribution in [0.1, 0.15) is 11.3 Å². The number of aromatic nitrogens is 2. The minimum absolute atomic E-state index is 0.111. The normalized spacial score (nSPS) is 11.1. The van der Waals surface area contributed by atoms with Crippen LogP contribution in [0.5, 0.6) is 5.75 Å². The van der Waals surface area contributed by atoms with Crippen LogP contribution in [-0.4, -0.2) is 14.5 Å². The first-order valence-electron chi connectivity index (χ1n) is 7.93. The van der Waals surface area contributed by atoms with E-state index in [-0.39, 0.29) is 11.3 Å². The topological polar surface area (TPSA) is 67.7 Å². The van der Waals surface area contributed by atoms with Gasteiger partial charge in [0.2, 0.25) is 0 Å². The summed E-state index contributed by atoms with van der Waals surface area (Å²) in [6.45, 7) is 3.63. The molecule has 4 rings (SSSR count). The van der Waals surface area contributed by atoms with Crippen LogP contribution < -0.4 is 5.63 Å². The van der Waals surface area contributed by atoms with Crippen molar-refractivity contribution in [3.63, 3.8) is 0 Å². The molecule has 1 N–H and O–H groups in total. The number of pyridine rings is 1. The van der Waals surface area contributed by atoms with Gasteiger partial charge >= 0.3 is 5.63 Å². The summed E-state index contributed by atoms with van der Waals surface area (Å²) in [6.07, 6.45) is 1.81. The third-order valence-corrected chi connectivity index (χ3v) is 4.15. The molecular formula is C20H16N2O3. The van der Waals surface area contributed by atoms with Crippen molar-refractivity contribution in [3.05, 3.63) is 76.5 Å². The Morgan fingerprint density at radius 2 is 1.84 bits per heavy atom. The molecule has 0 aliphatic rings. The number of imidazole rings is 1. The molecule has 0 amide bonds. The number of benzene rings is 1. The largest absolute Gasteiger partial charge is 0.507 e. The van der Waals surface area contributed by atoms with E-state index in [4.69, 9.17) is 4.42 Å². The van der Waals surface area contributed by atoms with Crippen LogP contribution >= 0.6 is 0 Å². The molecule has 0 aliphatic carbocycles. The standard InChI is InChI=1S/C20H16N2O3/c1-12-6-8-14(9-7-12)18-19(22-10-4-3-5-16(22)21-18)17-15(23)11-13(2)25-20(17)24/h3-11,23H,1-2H3. The molecule has 3 heterocycles. The molecule has 5 heteroatoms. The average molecular weight is 332 g/mol. The lowest BCUT2D eigenvalue weighted by molar-refractivity contribution is 0.438. The van der Waals surface area contributed by atoms with E-state index >= 15 is 0 Å². The lowest BCUT2D eigenvalue weighted by atomic mass is 10.0. The number of hydrogen-bond acceptors (Lipinski definition) is 4. The zero-order valence-electron chi connectivity index (χ0n) is 13.9. The monoisotopic (exact) mass is 332 g/mol. The lowest BCUT2D eigenvalue weighted by Crippen LogP contribution is -2.06. The van der Waals surface area contributed by atoms with Crippen molar-refractivity contribution in [2.24, 2.45) is 0 Å². The molecule has 25 heavy (non-hydrogen) atoms. The average Bonchev–Trinajstić information content (AvgIpc) is 2.94. The Hall–Kier alpha value is -3.34. The van der Waals surface area contributed by atoms with Gasteiger partial charge < -0.3 is 9.52 Å². The first-order valence-corrected chi connectivity index (χ1v) is 7.93. The van der Waals surface area contributed by atoms with Crippen LogP contribution in [-0.2, 0) is 0 Å². The number of hydrogen-bond donors (Lipinski definition) is 1. The van der Waals surface area contributed by atoms with E-state index in [2.05, 4.69) is 4.98 Å². The molecule has 0 unspecified atom stereocenters. The first-order chi connectivity index (χ1) is 12.0.